The van der Waals surface area contributed by atoms with Crippen LogP contribution in [0.5, 0.6) is 5.75 Å². The third-order valence-corrected chi connectivity index (χ3v) is 13.9. The number of nitrogens with one attached hydrogen (secondary N) is 6. The van der Waals surface area contributed by atoms with Crippen LogP contribution in [0.15, 0.2) is 60.7 Å². The second kappa shape index (κ2) is 34.6. The number of carbonyl (C=O) groups is 9. The fourth-order valence-electron chi connectivity index (χ4n) is 9.48. The molecule has 25 heteroatoms. The number of nitrogens with zero attached hydrogens (tertiary/aromatic N) is 5. The first-order valence-electron chi connectivity index (χ1n) is 28.5. The summed E-state index contributed by atoms with van der Waals surface area (Å²) in [6.45, 7) is 16.4. The Balaban J connectivity index is 0.000000438. The number of urea groups is 1. The van der Waals surface area contributed by atoms with Gasteiger partial charge in [-0.2, -0.15) is 0 Å². The number of nitrogens with two attached hydrogens (primary N) is 1. The molecular weight excluding hydrogens is 1160 g/mol. The summed E-state index contributed by atoms with van der Waals surface area (Å²) in [4.78, 5) is 119. The number of H-pyrrole nitrogens is 1. The van der Waals surface area contributed by atoms with Crippen LogP contribution in [0.4, 0.5) is 25.4 Å². The zero-order valence-electron chi connectivity index (χ0n) is 50.5. The van der Waals surface area contributed by atoms with Crippen molar-refractivity contribution in [2.75, 3.05) is 115 Å². The minimum atomic E-state index is -0.815. The van der Waals surface area contributed by atoms with E-state index in [4.69, 9.17) is 15.2 Å². The second-order valence-electron chi connectivity index (χ2n) is 21.7. The molecule has 0 bridgehead atoms. The predicted octanol–water partition coefficient (Wildman–Crippen LogP) is 5.11. The molecule has 1 atom stereocenters. The number of primary amides is 1. The molecule has 85 heavy (non-hydrogen) atoms. The number of carbonyl (C=O) groups excluding carboxylic acids is 9. The molecule has 8 N–H and O–H groups in total. The standard InChI is InChI=1S/C40H50N10O6.C10H19NO3.C6H6FNO2.C3H8.CH3Br/c1-42-14-15-43-24-36(51)46-31(8-5-13-44-39(41)54)37(52)49-16-12-27-29-22-32(45-30(29)9-10-33(27)49)38(53)50-17-11-26-25-6-3-4-7-28(25)35(23-34(26)50)56-40(55)48-20-18-47(2)19-21-48;1-9(2,11-8-13)7-14-10(3,4)5-6-12;7-3-4-8-5(9)1-2-6(8)10;1-3-2;1-2/h3-4,6-7,9-10,22-23,31,42-43,45H,5,8,11-21,24H2,1-2H3,(H,46,51)(H3,41,44,54);6,8H,5,7H2,1-4H3,(H,11,13);1-2H,3-4H2;3H2,1-2H3;1H3. The van der Waals surface area contributed by atoms with Gasteiger partial charge in [0.25, 0.3) is 17.7 Å². The lowest BCUT2D eigenvalue weighted by Crippen LogP contribution is -2.50. The van der Waals surface area contributed by atoms with E-state index < -0.39 is 47.8 Å². The number of hydrogen-bond donors (Lipinski definition) is 7. The molecule has 23 nitrogen and oxygen atoms in total. The van der Waals surface area contributed by atoms with Gasteiger partial charge in [0.05, 0.1) is 36.5 Å². The van der Waals surface area contributed by atoms with Crippen LogP contribution in [0, 0.1) is 0 Å². The Labute approximate surface area is 505 Å². The zero-order chi connectivity index (χ0) is 62.9. The number of rotatable bonds is 22. The number of imide groups is 1. The average molecular weight is 1250 g/mol. The van der Waals surface area contributed by atoms with Gasteiger partial charge >= 0.3 is 12.1 Å². The molecule has 5 heterocycles. The van der Waals surface area contributed by atoms with Crippen LogP contribution in [0.1, 0.15) is 88.8 Å². The van der Waals surface area contributed by atoms with Crippen molar-refractivity contribution in [2.24, 2.45) is 5.73 Å². The minimum absolute atomic E-state index is 0.0587. The molecular formula is C60H86BrFN12O11. The van der Waals surface area contributed by atoms with E-state index in [1.54, 1.807) is 14.7 Å². The molecule has 4 aliphatic rings. The van der Waals surface area contributed by atoms with E-state index in [0.717, 1.165) is 74.9 Å². The maximum Gasteiger partial charge on any atom is 0.415 e. The van der Waals surface area contributed by atoms with Crippen LogP contribution in [0.25, 0.3) is 21.7 Å². The maximum atomic E-state index is 14.3. The number of piperazine rings is 1. The minimum Gasteiger partial charge on any atom is -0.409 e. The number of halogens is 2. The lowest BCUT2D eigenvalue weighted by molar-refractivity contribution is -0.137. The third kappa shape index (κ3) is 20.4. The van der Waals surface area contributed by atoms with Crippen molar-refractivity contribution >= 4 is 103 Å². The number of hydrogen-bond acceptors (Lipinski definition) is 14. The van der Waals surface area contributed by atoms with Crippen LogP contribution >= 0.6 is 15.9 Å². The van der Waals surface area contributed by atoms with E-state index in [-0.39, 0.29) is 37.4 Å². The van der Waals surface area contributed by atoms with Gasteiger partial charge in [-0.25, -0.2) is 14.0 Å². The summed E-state index contributed by atoms with van der Waals surface area (Å²) in [6.07, 6.45) is 6.93. The van der Waals surface area contributed by atoms with Crippen molar-refractivity contribution in [3.63, 3.8) is 0 Å². The summed E-state index contributed by atoms with van der Waals surface area (Å²) in [7, 11) is 3.85. The van der Waals surface area contributed by atoms with E-state index in [1.807, 2.05) is 96.2 Å². The van der Waals surface area contributed by atoms with Crippen molar-refractivity contribution in [1.29, 1.82) is 0 Å². The summed E-state index contributed by atoms with van der Waals surface area (Å²) in [5.74, 6) is 0.621. The molecule has 1 aromatic heterocycles. The normalized spacial score (nSPS) is 14.8. The molecule has 3 aromatic carbocycles. The number of alkyl halides is 2. The molecule has 1 unspecified atom stereocenters. The summed E-state index contributed by atoms with van der Waals surface area (Å²) in [5.41, 5.74) is 8.94. The Morgan fingerprint density at radius 2 is 1.47 bits per heavy atom. The van der Waals surface area contributed by atoms with Gasteiger partial charge in [-0.05, 0) is 108 Å². The molecule has 1 saturated heterocycles. The number of fused-ring (bicyclic) bond motifs is 6. The monoisotopic (exact) mass is 1250 g/mol. The van der Waals surface area contributed by atoms with Gasteiger partial charge in [0, 0.05) is 106 Å². The Morgan fingerprint density at radius 1 is 0.835 bits per heavy atom. The highest BCUT2D eigenvalue weighted by molar-refractivity contribution is 9.08. The van der Waals surface area contributed by atoms with E-state index in [1.165, 1.54) is 6.42 Å². The predicted molar refractivity (Wildman–Crippen MR) is 331 cm³/mol. The van der Waals surface area contributed by atoms with Gasteiger partial charge in [0.2, 0.25) is 18.2 Å². The Hall–Kier alpha value is -7.32. The smallest absolute Gasteiger partial charge is 0.409 e. The fraction of sp³-hybridized carbons (Fsp3) is 0.517. The average Bonchev–Trinajstić information content (AvgIpc) is 2.52. The highest BCUT2D eigenvalue weighted by atomic mass is 79.9. The van der Waals surface area contributed by atoms with Crippen LogP contribution < -0.4 is 46.9 Å². The second-order valence-corrected chi connectivity index (χ2v) is 21.7. The lowest BCUT2D eigenvalue weighted by Gasteiger charge is -2.31. The summed E-state index contributed by atoms with van der Waals surface area (Å²) in [5, 5.41) is 16.8. The molecule has 0 saturated carbocycles. The van der Waals surface area contributed by atoms with E-state index in [0.29, 0.717) is 102 Å². The van der Waals surface area contributed by atoms with Crippen LogP contribution in [-0.4, -0.2) is 196 Å². The first-order valence-corrected chi connectivity index (χ1v) is 30.1. The van der Waals surface area contributed by atoms with Crippen LogP contribution in [0.3, 0.4) is 0 Å². The van der Waals surface area contributed by atoms with Gasteiger partial charge in [-0.3, -0.25) is 33.7 Å². The van der Waals surface area contributed by atoms with E-state index in [2.05, 4.69) is 66.2 Å². The molecule has 4 aromatic rings. The van der Waals surface area contributed by atoms with Gasteiger partial charge < -0.3 is 71.2 Å². The molecule has 466 valence electrons. The third-order valence-electron chi connectivity index (χ3n) is 13.9. The number of anilines is 2. The quantitative estimate of drug-likeness (QED) is 0.0233. The van der Waals surface area contributed by atoms with E-state index in [9.17, 15) is 47.5 Å². The van der Waals surface area contributed by atoms with E-state index >= 15 is 0 Å². The van der Waals surface area contributed by atoms with Gasteiger partial charge in [0.1, 0.15) is 30.4 Å². The highest BCUT2D eigenvalue weighted by Gasteiger charge is 2.35. The van der Waals surface area contributed by atoms with Gasteiger partial charge in [-0.15, -0.1) is 0 Å². The van der Waals surface area contributed by atoms with Crippen molar-refractivity contribution in [3.8, 4) is 5.75 Å². The number of aromatic nitrogens is 1. The number of likely N-dealkylation sites (N-methyl/N-ethyl adjacent to an activating group) is 2. The Kier molecular flexibility index (Phi) is 28.6. The van der Waals surface area contributed by atoms with Gasteiger partial charge in [0.15, 0.2) is 0 Å². The highest BCUT2D eigenvalue weighted by Crippen LogP contribution is 2.42. The molecule has 9 amide bonds. The zero-order valence-corrected chi connectivity index (χ0v) is 52.1. The van der Waals surface area contributed by atoms with Gasteiger partial charge in [-0.1, -0.05) is 60.5 Å². The number of benzene rings is 3. The lowest BCUT2D eigenvalue weighted by atomic mass is 10.0. The molecule has 4 aliphatic heterocycles. The largest absolute Gasteiger partial charge is 0.415 e. The first kappa shape index (κ1) is 70.2. The van der Waals surface area contributed by atoms with Crippen LogP contribution in [-0.2, 0) is 46.3 Å². The molecule has 1 fully saturated rings. The number of ether oxygens (including phenoxy) is 2. The molecule has 0 radical (unpaired) electrons. The molecule has 8 rings (SSSR count). The van der Waals surface area contributed by atoms with Crippen molar-refractivity contribution in [2.45, 2.75) is 97.2 Å². The first-order chi connectivity index (χ1) is 40.6. The molecule has 0 spiro atoms. The van der Waals surface area contributed by atoms with Crippen molar-refractivity contribution in [3.05, 3.63) is 77.5 Å². The topological polar surface area (TPSA) is 290 Å². The van der Waals surface area contributed by atoms with Crippen molar-refractivity contribution in [1.82, 2.24) is 46.3 Å². The van der Waals surface area contributed by atoms with Crippen LogP contribution in [0.2, 0.25) is 0 Å². The fourth-order valence-corrected chi connectivity index (χ4v) is 9.48. The number of aldehydes is 1. The maximum absolute atomic E-state index is 14.3. The number of aromatic amines is 1. The summed E-state index contributed by atoms with van der Waals surface area (Å²) in [6, 6.07) is 13.8. The Morgan fingerprint density at radius 3 is 2.08 bits per heavy atom. The number of amides is 9. The summed E-state index contributed by atoms with van der Waals surface area (Å²) < 4.78 is 23.2. The Bertz CT molecular complexity index is 2930. The summed E-state index contributed by atoms with van der Waals surface area (Å²) >= 11 is 2.94. The molecule has 0 aliphatic carbocycles. The SMILES string of the molecule is CBr.CC(C)(COC(C)(C)CC=O)NC=O.CCC.CNCCNCC(=O)NC(CCCNC(N)=O)C(=O)N1CCc2c1ccc1[nH]c(C(=O)N3CCc4c3cc(OC(=O)N3CCN(C)CC3)c3ccccc43)cc21.O=C1C=CC(=O)N1CCF. The van der Waals surface area contributed by atoms with Crippen molar-refractivity contribution < 1.29 is 57.0 Å².